The van der Waals surface area contributed by atoms with Gasteiger partial charge in [-0.25, -0.2) is 4.98 Å². The Hall–Kier alpha value is -1.61. The van der Waals surface area contributed by atoms with Crippen molar-refractivity contribution in [2.45, 2.75) is 30.0 Å². The number of thioether (sulfide) groups is 1. The lowest BCUT2D eigenvalue weighted by molar-refractivity contribution is -0.697. The number of benzene rings is 1. The molecule has 2 aromatic rings. The van der Waals surface area contributed by atoms with Gasteiger partial charge in [-0.15, -0.1) is 11.3 Å². The van der Waals surface area contributed by atoms with E-state index >= 15 is 0 Å². The standard InChI is InChI=1S/C19H25N3O3S2/c1-4-24-17(23)9-14-11-26-19(21-14)27-12-16-10-20-18(25-16)13-5-7-15(8-6-13)22(2)3/h5-8,11,16,18,20H,4,9-10,12H2,1-3H3/p+1/t16-,18-/m0/s1. The number of carbonyl (C=O) groups excluding carboxylic acids is 1. The van der Waals surface area contributed by atoms with E-state index in [1.54, 1.807) is 23.1 Å². The highest BCUT2D eigenvalue weighted by molar-refractivity contribution is 8.01. The third-order valence-corrected chi connectivity index (χ3v) is 6.45. The molecule has 1 fully saturated rings. The minimum absolute atomic E-state index is 0.0579. The van der Waals surface area contributed by atoms with Gasteiger partial charge in [-0.1, -0.05) is 11.8 Å². The molecule has 1 saturated heterocycles. The number of thiazole rings is 1. The number of ether oxygens (including phenoxy) is 2. The molecule has 3 rings (SSSR count). The molecule has 0 saturated carbocycles. The molecule has 0 bridgehead atoms. The molecule has 0 amide bonds. The van der Waals surface area contributed by atoms with E-state index in [2.05, 4.69) is 39.5 Å². The average molecular weight is 409 g/mol. The summed E-state index contributed by atoms with van der Waals surface area (Å²) < 4.78 is 12.1. The fourth-order valence-electron chi connectivity index (χ4n) is 2.84. The summed E-state index contributed by atoms with van der Waals surface area (Å²) in [5.74, 6) is 0.631. The first-order valence-electron chi connectivity index (χ1n) is 9.04. The van der Waals surface area contributed by atoms with Crippen LogP contribution in [0.4, 0.5) is 5.69 Å². The molecule has 0 unspecified atom stereocenters. The van der Waals surface area contributed by atoms with Gasteiger partial charge in [0.05, 0.1) is 18.7 Å². The third-order valence-electron chi connectivity index (χ3n) is 4.24. The Morgan fingerprint density at radius 1 is 1.41 bits per heavy atom. The van der Waals surface area contributed by atoms with Crippen LogP contribution in [0.2, 0.25) is 0 Å². The number of aromatic nitrogens is 1. The van der Waals surface area contributed by atoms with E-state index in [4.69, 9.17) is 9.47 Å². The molecular weight excluding hydrogens is 382 g/mol. The molecule has 2 heterocycles. The van der Waals surface area contributed by atoms with Crippen molar-refractivity contribution in [1.29, 1.82) is 0 Å². The smallest absolute Gasteiger partial charge is 0.311 e. The van der Waals surface area contributed by atoms with Crippen molar-refractivity contribution >= 4 is 34.8 Å². The lowest BCUT2D eigenvalue weighted by Gasteiger charge is -2.14. The predicted molar refractivity (Wildman–Crippen MR) is 108 cm³/mol. The number of anilines is 1. The topological polar surface area (TPSA) is 68.3 Å². The normalized spacial score (nSPS) is 19.2. The first-order valence-corrected chi connectivity index (χ1v) is 10.9. The molecule has 1 aromatic heterocycles. The summed E-state index contributed by atoms with van der Waals surface area (Å²) in [5.41, 5.74) is 3.16. The zero-order chi connectivity index (χ0) is 19.2. The quantitative estimate of drug-likeness (QED) is 0.533. The minimum Gasteiger partial charge on any atom is -0.466 e. The van der Waals surface area contributed by atoms with E-state index < -0.39 is 0 Å². The van der Waals surface area contributed by atoms with Gasteiger partial charge in [-0.05, 0) is 31.2 Å². The van der Waals surface area contributed by atoms with Crippen molar-refractivity contribution < 1.29 is 19.6 Å². The predicted octanol–water partition coefficient (Wildman–Crippen LogP) is 2.07. The van der Waals surface area contributed by atoms with Gasteiger partial charge >= 0.3 is 5.97 Å². The fourth-order valence-corrected chi connectivity index (χ4v) is 4.73. The second kappa shape index (κ2) is 9.54. The molecule has 1 aromatic carbocycles. The van der Waals surface area contributed by atoms with E-state index in [0.29, 0.717) is 6.61 Å². The van der Waals surface area contributed by atoms with Crippen LogP contribution < -0.4 is 10.2 Å². The number of nitrogens with zero attached hydrogens (tertiary/aromatic N) is 2. The molecule has 1 aliphatic rings. The monoisotopic (exact) mass is 408 g/mol. The maximum absolute atomic E-state index is 11.5. The van der Waals surface area contributed by atoms with Gasteiger partial charge in [0.2, 0.25) is 6.23 Å². The van der Waals surface area contributed by atoms with Crippen LogP contribution in [-0.4, -0.2) is 50.1 Å². The number of nitrogens with two attached hydrogens (primary N) is 1. The summed E-state index contributed by atoms with van der Waals surface area (Å²) in [6.45, 7) is 3.15. The number of hydrogen-bond donors (Lipinski definition) is 1. The fraction of sp³-hybridized carbons (Fsp3) is 0.474. The minimum atomic E-state index is -0.226. The molecule has 0 spiro atoms. The zero-order valence-electron chi connectivity index (χ0n) is 15.9. The number of hydrogen-bond acceptors (Lipinski definition) is 7. The number of carbonyl (C=O) groups is 1. The summed E-state index contributed by atoms with van der Waals surface area (Å²) in [4.78, 5) is 18.1. The SMILES string of the molecule is CCOC(=O)Cc1csc(SC[C@@H]2C[NH2+][C@H](c3ccc(N(C)C)cc3)O2)n1. The van der Waals surface area contributed by atoms with E-state index in [1.165, 1.54) is 11.3 Å². The van der Waals surface area contributed by atoms with E-state index in [-0.39, 0.29) is 24.7 Å². The van der Waals surface area contributed by atoms with Crippen molar-refractivity contribution in [2.75, 3.05) is 37.9 Å². The Morgan fingerprint density at radius 2 is 2.19 bits per heavy atom. The van der Waals surface area contributed by atoms with E-state index in [0.717, 1.165) is 22.3 Å². The van der Waals surface area contributed by atoms with Crippen molar-refractivity contribution in [3.63, 3.8) is 0 Å². The maximum Gasteiger partial charge on any atom is 0.311 e. The number of quaternary nitrogens is 1. The Kier molecular flexibility index (Phi) is 7.12. The lowest BCUT2D eigenvalue weighted by atomic mass is 10.2. The van der Waals surface area contributed by atoms with Crippen molar-refractivity contribution in [2.24, 2.45) is 0 Å². The van der Waals surface area contributed by atoms with Crippen LogP contribution in [0.15, 0.2) is 34.0 Å². The molecule has 0 aliphatic carbocycles. The Balaban J connectivity index is 1.46. The largest absolute Gasteiger partial charge is 0.466 e. The van der Waals surface area contributed by atoms with Crippen LogP contribution in [0.3, 0.4) is 0 Å². The summed E-state index contributed by atoms with van der Waals surface area (Å²) in [6, 6.07) is 8.51. The first kappa shape index (κ1) is 20.1. The number of esters is 1. The molecule has 6 nitrogen and oxygen atoms in total. The molecule has 2 atom stereocenters. The Labute approximate surface area is 168 Å². The molecular formula is C19H26N3O3S2+. The highest BCUT2D eigenvalue weighted by atomic mass is 32.2. The molecule has 1 aliphatic heterocycles. The molecule has 0 radical (unpaired) electrons. The van der Waals surface area contributed by atoms with Crippen LogP contribution in [0, 0.1) is 0 Å². The maximum atomic E-state index is 11.5. The number of rotatable bonds is 8. The van der Waals surface area contributed by atoms with Crippen LogP contribution in [0.1, 0.15) is 24.4 Å². The second-order valence-electron chi connectivity index (χ2n) is 6.53. The Morgan fingerprint density at radius 3 is 2.89 bits per heavy atom. The zero-order valence-corrected chi connectivity index (χ0v) is 17.5. The average Bonchev–Trinajstić information content (AvgIpc) is 3.29. The van der Waals surface area contributed by atoms with Crippen LogP contribution >= 0.6 is 23.1 Å². The van der Waals surface area contributed by atoms with Gasteiger partial charge in [0.25, 0.3) is 0 Å². The first-order chi connectivity index (χ1) is 13.0. The van der Waals surface area contributed by atoms with Crippen molar-refractivity contribution in [3.8, 4) is 0 Å². The molecule has 27 heavy (non-hydrogen) atoms. The van der Waals surface area contributed by atoms with Crippen molar-refractivity contribution in [3.05, 3.63) is 40.9 Å². The third kappa shape index (κ3) is 5.68. The molecule has 146 valence electrons. The van der Waals surface area contributed by atoms with Crippen molar-refractivity contribution in [1.82, 2.24) is 4.98 Å². The highest BCUT2D eigenvalue weighted by Crippen LogP contribution is 2.26. The molecule has 8 heteroatoms. The summed E-state index contributed by atoms with van der Waals surface area (Å²) in [5, 5.41) is 4.17. The van der Waals surface area contributed by atoms with Gasteiger partial charge in [-0.2, -0.15) is 0 Å². The highest BCUT2D eigenvalue weighted by Gasteiger charge is 2.30. The van der Waals surface area contributed by atoms with E-state index in [9.17, 15) is 4.79 Å². The van der Waals surface area contributed by atoms with Gasteiger partial charge in [0.1, 0.15) is 17.0 Å². The molecule has 2 N–H and O–H groups in total. The van der Waals surface area contributed by atoms with E-state index in [1.807, 2.05) is 26.4 Å². The van der Waals surface area contributed by atoms with Gasteiger partial charge < -0.3 is 19.7 Å². The Bertz CT molecular complexity index is 749. The summed E-state index contributed by atoms with van der Waals surface area (Å²) in [6.07, 6.45) is 0.484. The van der Waals surface area contributed by atoms with Crippen LogP contribution in [-0.2, 0) is 20.7 Å². The van der Waals surface area contributed by atoms with Gasteiger partial charge in [-0.3, -0.25) is 4.79 Å². The van der Waals surface area contributed by atoms with Crippen LogP contribution in [0.25, 0.3) is 0 Å². The van der Waals surface area contributed by atoms with Crippen LogP contribution in [0.5, 0.6) is 0 Å². The summed E-state index contributed by atoms with van der Waals surface area (Å²) >= 11 is 3.25. The summed E-state index contributed by atoms with van der Waals surface area (Å²) in [7, 11) is 4.08. The second-order valence-corrected chi connectivity index (χ2v) is 8.66. The van der Waals surface area contributed by atoms with Gasteiger partial charge in [0, 0.05) is 36.5 Å². The van der Waals surface area contributed by atoms with Gasteiger partial charge in [0.15, 0.2) is 0 Å². The lowest BCUT2D eigenvalue weighted by Crippen LogP contribution is -2.82.